The van der Waals surface area contributed by atoms with E-state index < -0.39 is 0 Å². The average molecular weight is 422 g/mol. The molecule has 3 aromatic heterocycles. The maximum Gasteiger partial charge on any atom is 0.137 e. The molecule has 1 N–H and O–H groups in total. The summed E-state index contributed by atoms with van der Waals surface area (Å²) in [4.78, 5) is 3.53. The molecule has 0 fully saturated rings. The highest BCUT2D eigenvalue weighted by Crippen LogP contribution is 2.40. The van der Waals surface area contributed by atoms with Gasteiger partial charge in [-0.3, -0.25) is 0 Å². The predicted molar refractivity (Wildman–Crippen MR) is 137 cm³/mol. The molecule has 0 bridgehead atoms. The maximum absolute atomic E-state index is 6.42. The summed E-state index contributed by atoms with van der Waals surface area (Å²) in [5.41, 5.74) is 7.59. The summed E-state index contributed by atoms with van der Waals surface area (Å²) in [6.07, 6.45) is 0. The largest absolute Gasteiger partial charge is 0.456 e. The lowest BCUT2D eigenvalue weighted by Crippen LogP contribution is -1.92. The predicted octanol–water partition coefficient (Wildman–Crippen LogP) is 8.32. The standard InChI is InChI=1S/C30H18N2O/c1-2-8-18(9-3-1)32-27-13-7-5-11-20(27)22-15-24-23-14-21-19-10-4-6-12-25(19)31-26(21)16-29(23)33-30(24)17-28(22)32/h1-17,31H. The molecule has 0 aliphatic heterocycles. The van der Waals surface area contributed by atoms with E-state index in [4.69, 9.17) is 4.42 Å². The van der Waals surface area contributed by atoms with Gasteiger partial charge in [0.05, 0.1) is 16.6 Å². The van der Waals surface area contributed by atoms with Gasteiger partial charge < -0.3 is 14.0 Å². The first-order chi connectivity index (χ1) is 16.3. The third-order valence-corrected chi connectivity index (χ3v) is 6.90. The molecular formula is C30H18N2O. The third kappa shape index (κ3) is 2.23. The van der Waals surface area contributed by atoms with Crippen molar-refractivity contribution >= 4 is 65.6 Å². The van der Waals surface area contributed by atoms with Crippen LogP contribution in [0.5, 0.6) is 0 Å². The van der Waals surface area contributed by atoms with E-state index in [2.05, 4.69) is 113 Å². The van der Waals surface area contributed by atoms with Gasteiger partial charge in [-0.2, -0.15) is 0 Å². The first kappa shape index (κ1) is 17.1. The SMILES string of the molecule is c1ccc(-n2c3ccccc3c3cc4c(cc32)oc2cc3[nH]c5ccccc5c3cc24)cc1. The van der Waals surface area contributed by atoms with E-state index in [1.54, 1.807) is 0 Å². The number of nitrogens with zero attached hydrogens (tertiary/aromatic N) is 1. The molecule has 33 heavy (non-hydrogen) atoms. The smallest absolute Gasteiger partial charge is 0.137 e. The molecule has 0 spiro atoms. The van der Waals surface area contributed by atoms with Crippen molar-refractivity contribution < 1.29 is 4.42 Å². The van der Waals surface area contributed by atoms with Crippen molar-refractivity contribution in [2.24, 2.45) is 0 Å². The Morgan fingerprint density at radius 3 is 2.06 bits per heavy atom. The molecule has 0 aliphatic rings. The van der Waals surface area contributed by atoms with Crippen LogP contribution >= 0.6 is 0 Å². The van der Waals surface area contributed by atoms with Crippen molar-refractivity contribution in [3.63, 3.8) is 0 Å². The fourth-order valence-corrected chi connectivity index (χ4v) is 5.44. The number of aromatic nitrogens is 2. The zero-order chi connectivity index (χ0) is 21.5. The van der Waals surface area contributed by atoms with Crippen molar-refractivity contribution in [1.82, 2.24) is 9.55 Å². The quantitative estimate of drug-likeness (QED) is 0.283. The Kier molecular flexibility index (Phi) is 3.14. The summed E-state index contributed by atoms with van der Waals surface area (Å²) in [7, 11) is 0. The van der Waals surface area contributed by atoms with Crippen LogP contribution in [0.25, 0.3) is 71.2 Å². The molecule has 0 amide bonds. The highest BCUT2D eigenvalue weighted by Gasteiger charge is 2.17. The molecule has 8 rings (SSSR count). The Morgan fingerprint density at radius 2 is 1.18 bits per heavy atom. The molecule has 3 heteroatoms. The topological polar surface area (TPSA) is 33.9 Å². The number of aromatic amines is 1. The number of rotatable bonds is 1. The monoisotopic (exact) mass is 422 g/mol. The molecule has 3 nitrogen and oxygen atoms in total. The molecule has 5 aromatic carbocycles. The van der Waals surface area contributed by atoms with Crippen LogP contribution in [0.1, 0.15) is 0 Å². The zero-order valence-corrected chi connectivity index (χ0v) is 17.7. The van der Waals surface area contributed by atoms with Crippen LogP contribution in [0.2, 0.25) is 0 Å². The van der Waals surface area contributed by atoms with Gasteiger partial charge in [-0.1, -0.05) is 54.6 Å². The molecule has 3 heterocycles. The number of fused-ring (bicyclic) bond motifs is 9. The van der Waals surface area contributed by atoms with Gasteiger partial charge in [-0.15, -0.1) is 0 Å². The summed E-state index contributed by atoms with van der Waals surface area (Å²) in [6, 6.07) is 36.5. The molecule has 0 saturated carbocycles. The second-order valence-corrected chi connectivity index (χ2v) is 8.72. The number of furan rings is 1. The molecule has 0 radical (unpaired) electrons. The summed E-state index contributed by atoms with van der Waals surface area (Å²) < 4.78 is 8.75. The lowest BCUT2D eigenvalue weighted by Gasteiger charge is -2.07. The fourth-order valence-electron chi connectivity index (χ4n) is 5.44. The molecule has 0 aliphatic carbocycles. The van der Waals surface area contributed by atoms with Gasteiger partial charge in [0.15, 0.2) is 0 Å². The summed E-state index contributed by atoms with van der Waals surface area (Å²) in [5.74, 6) is 0. The number of para-hydroxylation sites is 3. The fraction of sp³-hybridized carbons (Fsp3) is 0. The lowest BCUT2D eigenvalue weighted by atomic mass is 10.1. The average Bonchev–Trinajstić information content (AvgIpc) is 3.50. The normalized spacial score (nSPS) is 12.2. The molecule has 8 aromatic rings. The minimum absolute atomic E-state index is 0.910. The zero-order valence-electron chi connectivity index (χ0n) is 17.7. The Morgan fingerprint density at radius 1 is 0.485 bits per heavy atom. The second-order valence-electron chi connectivity index (χ2n) is 8.72. The van der Waals surface area contributed by atoms with E-state index in [9.17, 15) is 0 Å². The van der Waals surface area contributed by atoms with Gasteiger partial charge in [0.2, 0.25) is 0 Å². The molecule has 154 valence electrons. The van der Waals surface area contributed by atoms with Gasteiger partial charge in [0.25, 0.3) is 0 Å². The minimum atomic E-state index is 0.910. The summed E-state index contributed by atoms with van der Waals surface area (Å²) >= 11 is 0. The van der Waals surface area contributed by atoms with E-state index in [0.29, 0.717) is 0 Å². The van der Waals surface area contributed by atoms with Crippen molar-refractivity contribution in [3.8, 4) is 5.69 Å². The minimum Gasteiger partial charge on any atom is -0.456 e. The first-order valence-electron chi connectivity index (χ1n) is 11.2. The van der Waals surface area contributed by atoms with Crippen LogP contribution in [0.4, 0.5) is 0 Å². The molecule has 0 atom stereocenters. The number of nitrogens with one attached hydrogen (secondary N) is 1. The van der Waals surface area contributed by atoms with Crippen LogP contribution in [-0.2, 0) is 0 Å². The van der Waals surface area contributed by atoms with Crippen molar-refractivity contribution in [3.05, 3.63) is 103 Å². The van der Waals surface area contributed by atoms with Crippen LogP contribution in [-0.4, -0.2) is 9.55 Å². The Bertz CT molecular complexity index is 2020. The molecular weight excluding hydrogens is 404 g/mol. The first-order valence-corrected chi connectivity index (χ1v) is 11.2. The summed E-state index contributed by atoms with van der Waals surface area (Å²) in [6.45, 7) is 0. The second kappa shape index (κ2) is 6.05. The Balaban J connectivity index is 1.53. The van der Waals surface area contributed by atoms with Gasteiger partial charge in [0, 0.05) is 55.7 Å². The van der Waals surface area contributed by atoms with Gasteiger partial charge in [-0.05, 0) is 36.4 Å². The molecule has 0 unspecified atom stereocenters. The highest BCUT2D eigenvalue weighted by molar-refractivity contribution is 6.20. The van der Waals surface area contributed by atoms with Crippen molar-refractivity contribution in [1.29, 1.82) is 0 Å². The Labute approximate surface area is 188 Å². The van der Waals surface area contributed by atoms with E-state index in [1.807, 2.05) is 0 Å². The van der Waals surface area contributed by atoms with Crippen molar-refractivity contribution in [2.75, 3.05) is 0 Å². The number of hydrogen-bond donors (Lipinski definition) is 1. The van der Waals surface area contributed by atoms with Gasteiger partial charge >= 0.3 is 0 Å². The number of benzene rings is 5. The van der Waals surface area contributed by atoms with Crippen LogP contribution in [0.15, 0.2) is 108 Å². The Hall–Kier alpha value is -4.50. The molecule has 0 saturated heterocycles. The lowest BCUT2D eigenvalue weighted by molar-refractivity contribution is 0.670. The highest BCUT2D eigenvalue weighted by atomic mass is 16.3. The third-order valence-electron chi connectivity index (χ3n) is 6.90. The van der Waals surface area contributed by atoms with Crippen LogP contribution < -0.4 is 0 Å². The number of hydrogen-bond acceptors (Lipinski definition) is 1. The van der Waals surface area contributed by atoms with Gasteiger partial charge in [0.1, 0.15) is 11.2 Å². The van der Waals surface area contributed by atoms with E-state index >= 15 is 0 Å². The number of H-pyrrole nitrogens is 1. The summed E-state index contributed by atoms with van der Waals surface area (Å²) in [5, 5.41) is 7.27. The maximum atomic E-state index is 6.42. The van der Waals surface area contributed by atoms with E-state index in [-0.39, 0.29) is 0 Å². The van der Waals surface area contributed by atoms with E-state index in [1.165, 1.54) is 27.1 Å². The van der Waals surface area contributed by atoms with Crippen LogP contribution in [0.3, 0.4) is 0 Å². The van der Waals surface area contributed by atoms with Crippen molar-refractivity contribution in [2.45, 2.75) is 0 Å². The van der Waals surface area contributed by atoms with Gasteiger partial charge in [-0.25, -0.2) is 0 Å². The van der Waals surface area contributed by atoms with Crippen LogP contribution in [0, 0.1) is 0 Å². The van der Waals surface area contributed by atoms with E-state index in [0.717, 1.165) is 44.2 Å².